The van der Waals surface area contributed by atoms with Crippen molar-refractivity contribution in [2.75, 3.05) is 0 Å². The van der Waals surface area contributed by atoms with Gasteiger partial charge in [0.1, 0.15) is 0 Å². The molecule has 30 valence electrons. The Labute approximate surface area is 43.6 Å². The average Bonchev–Trinajstić information content (AvgIpc) is 2.12. The fraction of sp³-hybridized carbons (Fsp3) is 1.00. The normalized spacial score (nSPS) is 23.4. The van der Waals surface area contributed by atoms with Gasteiger partial charge in [0.15, 0.2) is 0 Å². The van der Waals surface area contributed by atoms with Crippen LogP contribution in [0.15, 0.2) is 0 Å². The van der Waals surface area contributed by atoms with Gasteiger partial charge in [0.05, 0.1) is 0 Å². The molecule has 1 rings (SSSR count). The number of hydrogen-bond acceptors (Lipinski definition) is 0. The van der Waals surface area contributed by atoms with Gasteiger partial charge in [0, 0.05) is 0 Å². The van der Waals surface area contributed by atoms with Crippen LogP contribution < -0.4 is 0 Å². The van der Waals surface area contributed by atoms with Crippen molar-refractivity contribution in [1.29, 1.82) is 0 Å². The van der Waals surface area contributed by atoms with Crippen molar-refractivity contribution in [3.8, 4) is 0 Å². The van der Waals surface area contributed by atoms with Gasteiger partial charge in [0.2, 0.25) is 0 Å². The minimum atomic E-state index is 1.15. The summed E-state index contributed by atoms with van der Waals surface area (Å²) in [5.41, 5.74) is 0. The van der Waals surface area contributed by atoms with Crippen LogP contribution in [0.3, 0.4) is 0 Å². The molecule has 0 radical (unpaired) electrons. The van der Waals surface area contributed by atoms with Gasteiger partial charge >= 0.3 is 43.3 Å². The summed E-state index contributed by atoms with van der Waals surface area (Å²) in [4.78, 5) is 0. The molecule has 0 nitrogen and oxygen atoms in total. The van der Waals surface area contributed by atoms with E-state index in [0.29, 0.717) is 0 Å². The van der Waals surface area contributed by atoms with Crippen molar-refractivity contribution in [2.24, 2.45) is 0 Å². The van der Waals surface area contributed by atoms with E-state index in [-0.39, 0.29) is 0 Å². The van der Waals surface area contributed by atoms with E-state index in [1.807, 2.05) is 0 Å². The second-order valence-corrected chi connectivity index (χ2v) is 9.93. The Morgan fingerprint density at radius 2 is 2.20 bits per heavy atom. The van der Waals surface area contributed by atoms with Gasteiger partial charge in [-0.05, 0) is 0 Å². The molecule has 0 aromatic heterocycles. The first-order chi connectivity index (χ1) is 2.43. The third-order valence-electron chi connectivity index (χ3n) is 0.566. The molecular formula is C3H6Se2. The van der Waals surface area contributed by atoms with Crippen molar-refractivity contribution in [3.05, 3.63) is 0 Å². The molecule has 0 aromatic rings. The van der Waals surface area contributed by atoms with Crippen LogP contribution in [0.4, 0.5) is 0 Å². The van der Waals surface area contributed by atoms with Gasteiger partial charge in [-0.25, -0.2) is 0 Å². The van der Waals surface area contributed by atoms with Crippen molar-refractivity contribution < 1.29 is 0 Å². The molecule has 0 N–H and O–H groups in total. The molecule has 0 aliphatic carbocycles. The molecule has 0 spiro atoms. The zero-order valence-electron chi connectivity index (χ0n) is 3.10. The Morgan fingerprint density at radius 3 is 2.20 bits per heavy atom. The molecular weight excluding hydrogens is 194 g/mol. The van der Waals surface area contributed by atoms with Crippen LogP contribution in [-0.2, 0) is 0 Å². The third kappa shape index (κ3) is 1.28. The van der Waals surface area contributed by atoms with Gasteiger partial charge in [-0.2, -0.15) is 0 Å². The summed E-state index contributed by atoms with van der Waals surface area (Å²) in [5.74, 6) is 0. The minimum absolute atomic E-state index is 1.15. The zero-order valence-corrected chi connectivity index (χ0v) is 6.53. The Kier molecular flexibility index (Phi) is 1.40. The number of rotatable bonds is 1. The van der Waals surface area contributed by atoms with Crippen LogP contribution in [0.2, 0.25) is 3.71 Å². The van der Waals surface area contributed by atoms with Gasteiger partial charge in [-0.3, -0.25) is 0 Å². The summed E-state index contributed by atoms with van der Waals surface area (Å²) in [5, 5.41) is 0. The van der Waals surface area contributed by atoms with Gasteiger partial charge < -0.3 is 0 Å². The fourth-order valence-corrected chi connectivity index (χ4v) is 4.73. The molecule has 0 bridgehead atoms. The van der Waals surface area contributed by atoms with Crippen LogP contribution in [0.1, 0.15) is 13.3 Å². The molecule has 5 heavy (non-hydrogen) atoms. The Hall–Kier alpha value is 1.04. The summed E-state index contributed by atoms with van der Waals surface area (Å²) in [6, 6.07) is 0. The first-order valence-corrected chi connectivity index (χ1v) is 8.06. The molecule has 1 heterocycles. The van der Waals surface area contributed by atoms with Crippen LogP contribution in [-0.4, -0.2) is 26.3 Å². The Balaban J connectivity index is 2.00. The van der Waals surface area contributed by atoms with E-state index in [0.717, 1.165) is 26.3 Å². The van der Waals surface area contributed by atoms with Crippen molar-refractivity contribution in [2.45, 2.75) is 17.1 Å². The van der Waals surface area contributed by atoms with Gasteiger partial charge in [-0.15, -0.1) is 0 Å². The molecule has 0 aromatic carbocycles. The molecule has 0 amide bonds. The van der Waals surface area contributed by atoms with Crippen LogP contribution in [0.25, 0.3) is 0 Å². The second-order valence-electron chi connectivity index (χ2n) is 1.03. The fourth-order valence-electron chi connectivity index (χ4n) is 0.175. The van der Waals surface area contributed by atoms with Crippen LogP contribution in [0, 0.1) is 0 Å². The first kappa shape index (κ1) is 4.20. The standard InChI is InChI=1S/C3H6Se2/c1-2-3-4-5-3/h3H,2H2,1H3. The van der Waals surface area contributed by atoms with E-state index in [4.69, 9.17) is 0 Å². The summed E-state index contributed by atoms with van der Waals surface area (Å²) >= 11 is 2.31. The monoisotopic (exact) mass is 202 g/mol. The quantitative estimate of drug-likeness (QED) is 0.540. The molecule has 1 aliphatic rings. The van der Waals surface area contributed by atoms with Crippen molar-refractivity contribution >= 4 is 26.3 Å². The molecule has 1 saturated heterocycles. The average molecular weight is 200 g/mol. The predicted octanol–water partition coefficient (Wildman–Crippen LogP) is 0.479. The summed E-state index contributed by atoms with van der Waals surface area (Å²) in [6.45, 7) is 2.29. The maximum atomic E-state index is 2.29. The van der Waals surface area contributed by atoms with E-state index in [1.54, 1.807) is 0 Å². The molecule has 0 atom stereocenters. The topological polar surface area (TPSA) is 0 Å². The molecule has 0 saturated carbocycles. The number of hydrogen-bond donors (Lipinski definition) is 0. The van der Waals surface area contributed by atoms with Crippen molar-refractivity contribution in [1.82, 2.24) is 0 Å². The summed E-state index contributed by atoms with van der Waals surface area (Å²) < 4.78 is 1.26. The molecule has 1 fully saturated rings. The Bertz CT molecular complexity index is 31.9. The zero-order chi connectivity index (χ0) is 3.70. The Morgan fingerprint density at radius 1 is 1.60 bits per heavy atom. The third-order valence-corrected chi connectivity index (χ3v) is 8.00. The van der Waals surface area contributed by atoms with E-state index in [1.165, 1.54) is 10.1 Å². The van der Waals surface area contributed by atoms with Crippen LogP contribution in [0.5, 0.6) is 0 Å². The summed E-state index contributed by atoms with van der Waals surface area (Å²) in [7, 11) is 0. The first-order valence-electron chi connectivity index (χ1n) is 1.75. The van der Waals surface area contributed by atoms with E-state index >= 15 is 0 Å². The van der Waals surface area contributed by atoms with Gasteiger partial charge in [-0.1, -0.05) is 0 Å². The predicted molar refractivity (Wildman–Crippen MR) is 25.5 cm³/mol. The molecule has 2 heteroatoms. The van der Waals surface area contributed by atoms with E-state index in [2.05, 4.69) is 6.92 Å². The molecule has 0 unspecified atom stereocenters. The summed E-state index contributed by atoms with van der Waals surface area (Å²) in [6.07, 6.45) is 1.47. The molecule has 1 aliphatic heterocycles. The SMILES string of the molecule is CCC1[Se][Se]1. The maximum absolute atomic E-state index is 2.29. The van der Waals surface area contributed by atoms with E-state index in [9.17, 15) is 0 Å². The van der Waals surface area contributed by atoms with Crippen molar-refractivity contribution in [3.63, 3.8) is 0 Å². The van der Waals surface area contributed by atoms with Crippen LogP contribution >= 0.6 is 0 Å². The van der Waals surface area contributed by atoms with Gasteiger partial charge in [0.25, 0.3) is 0 Å². The van der Waals surface area contributed by atoms with E-state index < -0.39 is 0 Å². The second kappa shape index (κ2) is 1.66.